The van der Waals surface area contributed by atoms with Crippen molar-refractivity contribution < 1.29 is 19.5 Å². The van der Waals surface area contributed by atoms with Crippen molar-refractivity contribution in [2.75, 3.05) is 18.4 Å². The lowest BCUT2D eigenvalue weighted by Crippen LogP contribution is -2.30. The Hall–Kier alpha value is -2.37. The van der Waals surface area contributed by atoms with Crippen LogP contribution in [-0.4, -0.2) is 40.9 Å². The first-order chi connectivity index (χ1) is 11.5. The summed E-state index contributed by atoms with van der Waals surface area (Å²) in [5.41, 5.74) is 1.21. The zero-order valence-electron chi connectivity index (χ0n) is 14.1. The van der Waals surface area contributed by atoms with Crippen molar-refractivity contribution in [2.24, 2.45) is 11.8 Å². The summed E-state index contributed by atoms with van der Waals surface area (Å²) < 4.78 is 0. The van der Waals surface area contributed by atoms with Gasteiger partial charge >= 0.3 is 5.97 Å². The Labute approximate surface area is 141 Å². The summed E-state index contributed by atoms with van der Waals surface area (Å²) in [5.74, 6) is -1.69. The Morgan fingerprint density at radius 2 is 1.67 bits per heavy atom. The van der Waals surface area contributed by atoms with E-state index >= 15 is 0 Å². The highest BCUT2D eigenvalue weighted by molar-refractivity contribution is 5.96. The Morgan fingerprint density at radius 1 is 1.08 bits per heavy atom. The fourth-order valence-electron chi connectivity index (χ4n) is 3.08. The van der Waals surface area contributed by atoms with Crippen molar-refractivity contribution in [3.05, 3.63) is 29.8 Å². The second kappa shape index (κ2) is 7.95. The Bertz CT molecular complexity index is 608. The minimum Gasteiger partial charge on any atom is -0.481 e. The number of carbonyl (C=O) groups is 3. The van der Waals surface area contributed by atoms with E-state index in [0.29, 0.717) is 43.6 Å². The lowest BCUT2D eigenvalue weighted by atomic mass is 10.0. The van der Waals surface area contributed by atoms with Gasteiger partial charge in [-0.15, -0.1) is 0 Å². The number of hydrogen-bond acceptors (Lipinski definition) is 3. The van der Waals surface area contributed by atoms with Crippen LogP contribution >= 0.6 is 0 Å². The Balaban J connectivity index is 1.95. The molecule has 2 atom stereocenters. The van der Waals surface area contributed by atoms with Gasteiger partial charge in [0.05, 0.1) is 5.92 Å². The van der Waals surface area contributed by atoms with Crippen LogP contribution in [0.4, 0.5) is 5.69 Å². The van der Waals surface area contributed by atoms with E-state index in [1.807, 2.05) is 13.8 Å². The van der Waals surface area contributed by atoms with Gasteiger partial charge in [0.1, 0.15) is 0 Å². The number of hydrogen-bond donors (Lipinski definition) is 2. The molecule has 1 aliphatic carbocycles. The zero-order valence-corrected chi connectivity index (χ0v) is 14.1. The van der Waals surface area contributed by atoms with Crippen LogP contribution < -0.4 is 5.32 Å². The normalized spacial score (nSPS) is 19.8. The molecule has 0 saturated heterocycles. The number of carboxylic acid groups (broad SMARTS) is 1. The average Bonchev–Trinajstić information content (AvgIpc) is 3.07. The van der Waals surface area contributed by atoms with Crippen LogP contribution in [-0.2, 0) is 9.59 Å². The van der Waals surface area contributed by atoms with Gasteiger partial charge in [0.25, 0.3) is 5.91 Å². The number of nitrogens with one attached hydrogen (secondary N) is 1. The maximum absolute atomic E-state index is 12.2. The largest absolute Gasteiger partial charge is 0.481 e. The molecule has 1 fully saturated rings. The third kappa shape index (κ3) is 4.13. The summed E-state index contributed by atoms with van der Waals surface area (Å²) in [6, 6.07) is 6.81. The van der Waals surface area contributed by atoms with Crippen LogP contribution in [0.3, 0.4) is 0 Å². The highest BCUT2D eigenvalue weighted by Crippen LogP contribution is 2.31. The first-order valence-electron chi connectivity index (χ1n) is 8.39. The van der Waals surface area contributed by atoms with E-state index in [4.69, 9.17) is 5.11 Å². The maximum atomic E-state index is 12.2. The summed E-state index contributed by atoms with van der Waals surface area (Å²) in [6.45, 7) is 5.17. The second-order valence-corrected chi connectivity index (χ2v) is 6.09. The number of anilines is 1. The van der Waals surface area contributed by atoms with Crippen molar-refractivity contribution in [3.63, 3.8) is 0 Å². The molecule has 0 unspecified atom stereocenters. The Morgan fingerprint density at radius 3 is 2.17 bits per heavy atom. The molecule has 24 heavy (non-hydrogen) atoms. The van der Waals surface area contributed by atoms with Gasteiger partial charge < -0.3 is 15.3 Å². The number of carboxylic acids is 1. The van der Waals surface area contributed by atoms with Crippen LogP contribution in [0, 0.1) is 11.8 Å². The number of amides is 2. The van der Waals surface area contributed by atoms with Crippen molar-refractivity contribution in [3.8, 4) is 0 Å². The van der Waals surface area contributed by atoms with E-state index in [1.54, 1.807) is 29.2 Å². The number of carbonyl (C=O) groups excluding carboxylic acids is 2. The van der Waals surface area contributed by atoms with Crippen LogP contribution in [0.5, 0.6) is 0 Å². The fourth-order valence-corrected chi connectivity index (χ4v) is 3.08. The van der Waals surface area contributed by atoms with Gasteiger partial charge in [0.2, 0.25) is 5.91 Å². The first-order valence-corrected chi connectivity index (χ1v) is 8.39. The van der Waals surface area contributed by atoms with E-state index in [9.17, 15) is 14.4 Å². The Kier molecular flexibility index (Phi) is 5.95. The molecule has 0 aromatic heterocycles. The van der Waals surface area contributed by atoms with Gasteiger partial charge in [-0.1, -0.05) is 0 Å². The average molecular weight is 332 g/mol. The SMILES string of the molecule is CCN(CC)C(=O)c1ccc(NC(=O)[C@@H]2CC[C@H](C(=O)O)C2)cc1. The van der Waals surface area contributed by atoms with E-state index < -0.39 is 11.9 Å². The van der Waals surface area contributed by atoms with E-state index in [0.717, 1.165) is 0 Å². The van der Waals surface area contributed by atoms with Crippen LogP contribution in [0.2, 0.25) is 0 Å². The molecule has 1 saturated carbocycles. The van der Waals surface area contributed by atoms with E-state index in [2.05, 4.69) is 5.32 Å². The molecule has 130 valence electrons. The number of benzene rings is 1. The number of rotatable bonds is 6. The van der Waals surface area contributed by atoms with Crippen LogP contribution in [0.15, 0.2) is 24.3 Å². The molecule has 1 aromatic rings. The third-order valence-corrected chi connectivity index (χ3v) is 4.60. The molecule has 0 spiro atoms. The van der Waals surface area contributed by atoms with Gasteiger partial charge in [-0.3, -0.25) is 14.4 Å². The van der Waals surface area contributed by atoms with Gasteiger partial charge in [0.15, 0.2) is 0 Å². The lowest BCUT2D eigenvalue weighted by molar-refractivity contribution is -0.141. The molecule has 0 aliphatic heterocycles. The molecule has 0 radical (unpaired) electrons. The van der Waals surface area contributed by atoms with E-state index in [1.165, 1.54) is 0 Å². The third-order valence-electron chi connectivity index (χ3n) is 4.60. The van der Waals surface area contributed by atoms with Crippen molar-refractivity contribution in [1.82, 2.24) is 4.90 Å². The smallest absolute Gasteiger partial charge is 0.306 e. The fraction of sp³-hybridized carbons (Fsp3) is 0.500. The van der Waals surface area contributed by atoms with Gasteiger partial charge in [-0.25, -0.2) is 0 Å². The molecule has 1 aromatic carbocycles. The minimum absolute atomic E-state index is 0.0297. The molecular formula is C18H24N2O4. The number of aliphatic carboxylic acids is 1. The molecule has 6 heteroatoms. The van der Waals surface area contributed by atoms with E-state index in [-0.39, 0.29) is 17.7 Å². The summed E-state index contributed by atoms with van der Waals surface area (Å²) >= 11 is 0. The molecule has 0 bridgehead atoms. The zero-order chi connectivity index (χ0) is 17.7. The molecule has 1 aliphatic rings. The predicted molar refractivity (Wildman–Crippen MR) is 90.8 cm³/mol. The molecule has 6 nitrogen and oxygen atoms in total. The highest BCUT2D eigenvalue weighted by Gasteiger charge is 2.33. The quantitative estimate of drug-likeness (QED) is 0.838. The minimum atomic E-state index is -0.829. The molecule has 2 rings (SSSR count). The summed E-state index contributed by atoms with van der Waals surface area (Å²) in [6.07, 6.45) is 1.53. The summed E-state index contributed by atoms with van der Waals surface area (Å²) in [4.78, 5) is 37.2. The standard InChI is InChI=1S/C18H24N2O4/c1-3-20(4-2)17(22)12-7-9-15(10-8-12)19-16(21)13-5-6-14(11-13)18(23)24/h7-10,13-14H,3-6,11H2,1-2H3,(H,19,21)(H,23,24)/t13-,14+/m1/s1. The monoisotopic (exact) mass is 332 g/mol. The predicted octanol–water partition coefficient (Wildman–Crippen LogP) is 2.61. The summed E-state index contributed by atoms with van der Waals surface area (Å²) in [7, 11) is 0. The molecule has 2 amide bonds. The van der Waals surface area contributed by atoms with Crippen LogP contribution in [0.1, 0.15) is 43.5 Å². The molecule has 2 N–H and O–H groups in total. The first kappa shape index (κ1) is 18.0. The van der Waals surface area contributed by atoms with Crippen molar-refractivity contribution >= 4 is 23.5 Å². The topological polar surface area (TPSA) is 86.7 Å². The summed E-state index contributed by atoms with van der Waals surface area (Å²) in [5, 5.41) is 11.8. The van der Waals surface area contributed by atoms with Crippen molar-refractivity contribution in [2.45, 2.75) is 33.1 Å². The van der Waals surface area contributed by atoms with Crippen LogP contribution in [0.25, 0.3) is 0 Å². The second-order valence-electron chi connectivity index (χ2n) is 6.09. The maximum Gasteiger partial charge on any atom is 0.306 e. The highest BCUT2D eigenvalue weighted by atomic mass is 16.4. The molecular weight excluding hydrogens is 308 g/mol. The lowest BCUT2D eigenvalue weighted by Gasteiger charge is -2.18. The van der Waals surface area contributed by atoms with Gasteiger partial charge in [-0.05, 0) is 57.4 Å². The van der Waals surface area contributed by atoms with Gasteiger partial charge in [0, 0.05) is 30.3 Å². The number of nitrogens with zero attached hydrogens (tertiary/aromatic N) is 1. The van der Waals surface area contributed by atoms with Gasteiger partial charge in [-0.2, -0.15) is 0 Å². The molecule has 0 heterocycles. The van der Waals surface area contributed by atoms with Crippen molar-refractivity contribution in [1.29, 1.82) is 0 Å².